The Morgan fingerprint density at radius 2 is 2.08 bits per heavy atom. The third-order valence-corrected chi connectivity index (χ3v) is 1.36. The van der Waals surface area contributed by atoms with E-state index in [1.165, 1.54) is 0 Å². The summed E-state index contributed by atoms with van der Waals surface area (Å²) in [5.74, 6) is -0.403. The Hall–Kier alpha value is -0.610. The van der Waals surface area contributed by atoms with Crippen LogP contribution in [0.4, 0.5) is 0 Å². The summed E-state index contributed by atoms with van der Waals surface area (Å²) >= 11 is 0. The smallest absolute Gasteiger partial charge is 0.325 e. The van der Waals surface area contributed by atoms with E-state index in [1.54, 1.807) is 6.92 Å². The molecule has 0 spiro atoms. The van der Waals surface area contributed by atoms with E-state index < -0.39 is 12.0 Å². The van der Waals surface area contributed by atoms with Gasteiger partial charge in [-0.25, -0.2) is 0 Å². The minimum Gasteiger partial charge on any atom is -0.465 e. The van der Waals surface area contributed by atoms with E-state index in [4.69, 9.17) is 9.84 Å². The SMILES string of the molecule is CCOC(=O)C(CO)NC(C)(C)C. The maximum absolute atomic E-state index is 11.2. The van der Waals surface area contributed by atoms with Gasteiger partial charge in [0.2, 0.25) is 0 Å². The van der Waals surface area contributed by atoms with Crippen LogP contribution in [0.2, 0.25) is 0 Å². The molecule has 1 unspecified atom stereocenters. The van der Waals surface area contributed by atoms with Crippen LogP contribution in [0.5, 0.6) is 0 Å². The summed E-state index contributed by atoms with van der Waals surface area (Å²) in [5, 5.41) is 11.9. The summed E-state index contributed by atoms with van der Waals surface area (Å²) < 4.78 is 4.78. The zero-order chi connectivity index (χ0) is 10.5. The van der Waals surface area contributed by atoms with Crippen molar-refractivity contribution in [1.82, 2.24) is 5.32 Å². The molecule has 0 saturated heterocycles. The van der Waals surface area contributed by atoms with Gasteiger partial charge in [0.15, 0.2) is 0 Å². The molecule has 4 heteroatoms. The second-order valence-corrected chi connectivity index (χ2v) is 3.88. The third kappa shape index (κ3) is 5.60. The highest BCUT2D eigenvalue weighted by molar-refractivity contribution is 5.76. The molecule has 0 amide bonds. The summed E-state index contributed by atoms with van der Waals surface area (Å²) in [5.41, 5.74) is -0.208. The molecule has 0 aliphatic carbocycles. The highest BCUT2D eigenvalue weighted by Crippen LogP contribution is 2.02. The van der Waals surface area contributed by atoms with Gasteiger partial charge in [0.1, 0.15) is 6.04 Å². The topological polar surface area (TPSA) is 58.6 Å². The number of aliphatic hydroxyl groups is 1. The second-order valence-electron chi connectivity index (χ2n) is 3.88. The third-order valence-electron chi connectivity index (χ3n) is 1.36. The Labute approximate surface area is 79.3 Å². The highest BCUT2D eigenvalue weighted by atomic mass is 16.5. The first-order chi connectivity index (χ1) is 5.90. The summed E-state index contributed by atoms with van der Waals surface area (Å²) in [6, 6.07) is -0.625. The van der Waals surface area contributed by atoms with Crippen molar-refractivity contribution in [2.75, 3.05) is 13.2 Å². The molecular weight excluding hydrogens is 170 g/mol. The summed E-state index contributed by atoms with van der Waals surface area (Å²) in [6.07, 6.45) is 0. The van der Waals surface area contributed by atoms with Crippen molar-refractivity contribution >= 4 is 5.97 Å². The van der Waals surface area contributed by atoms with Crippen molar-refractivity contribution in [1.29, 1.82) is 0 Å². The molecule has 0 aliphatic rings. The van der Waals surface area contributed by atoms with Crippen LogP contribution in [0, 0.1) is 0 Å². The molecule has 0 radical (unpaired) electrons. The van der Waals surface area contributed by atoms with Crippen LogP contribution < -0.4 is 5.32 Å². The summed E-state index contributed by atoms with van der Waals surface area (Å²) in [6.45, 7) is 7.61. The molecule has 0 heterocycles. The lowest BCUT2D eigenvalue weighted by Crippen LogP contribution is -2.50. The van der Waals surface area contributed by atoms with Crippen LogP contribution in [0.25, 0.3) is 0 Å². The van der Waals surface area contributed by atoms with Crippen molar-refractivity contribution in [3.8, 4) is 0 Å². The van der Waals surface area contributed by atoms with E-state index in [0.717, 1.165) is 0 Å². The van der Waals surface area contributed by atoms with Gasteiger partial charge in [-0.2, -0.15) is 0 Å². The first-order valence-corrected chi connectivity index (χ1v) is 4.46. The number of esters is 1. The molecular formula is C9H19NO3. The van der Waals surface area contributed by atoms with Gasteiger partial charge < -0.3 is 9.84 Å². The lowest BCUT2D eigenvalue weighted by molar-refractivity contribution is -0.147. The molecule has 0 bridgehead atoms. The van der Waals surface area contributed by atoms with Crippen molar-refractivity contribution in [3.63, 3.8) is 0 Å². The monoisotopic (exact) mass is 189 g/mol. The molecule has 0 saturated carbocycles. The van der Waals surface area contributed by atoms with Gasteiger partial charge in [0.25, 0.3) is 0 Å². The van der Waals surface area contributed by atoms with E-state index in [0.29, 0.717) is 6.61 Å². The van der Waals surface area contributed by atoms with E-state index in [9.17, 15) is 4.79 Å². The van der Waals surface area contributed by atoms with Gasteiger partial charge in [-0.3, -0.25) is 10.1 Å². The number of hydrogen-bond donors (Lipinski definition) is 2. The van der Waals surface area contributed by atoms with Crippen LogP contribution in [0.15, 0.2) is 0 Å². The fourth-order valence-electron chi connectivity index (χ4n) is 0.945. The van der Waals surface area contributed by atoms with Gasteiger partial charge in [-0.15, -0.1) is 0 Å². The number of nitrogens with one attached hydrogen (secondary N) is 1. The second kappa shape index (κ2) is 5.19. The zero-order valence-corrected chi connectivity index (χ0v) is 8.76. The van der Waals surface area contributed by atoms with E-state index in [2.05, 4.69) is 5.32 Å². The minimum atomic E-state index is -0.625. The maximum Gasteiger partial charge on any atom is 0.325 e. The largest absolute Gasteiger partial charge is 0.465 e. The number of carbonyl (C=O) groups excluding carboxylic acids is 1. The maximum atomic E-state index is 11.2. The van der Waals surface area contributed by atoms with Crippen molar-refractivity contribution < 1.29 is 14.6 Å². The molecule has 13 heavy (non-hydrogen) atoms. The Bertz CT molecular complexity index is 163. The van der Waals surface area contributed by atoms with Crippen LogP contribution in [0.3, 0.4) is 0 Å². The van der Waals surface area contributed by atoms with Gasteiger partial charge in [-0.1, -0.05) is 0 Å². The van der Waals surface area contributed by atoms with Gasteiger partial charge in [-0.05, 0) is 27.7 Å². The summed E-state index contributed by atoms with van der Waals surface area (Å²) in [7, 11) is 0. The molecule has 78 valence electrons. The number of rotatable bonds is 4. The molecule has 1 atom stereocenters. The molecule has 0 aromatic carbocycles. The lowest BCUT2D eigenvalue weighted by atomic mass is 10.1. The fraction of sp³-hybridized carbons (Fsp3) is 0.889. The quantitative estimate of drug-likeness (QED) is 0.624. The van der Waals surface area contributed by atoms with E-state index >= 15 is 0 Å². The minimum absolute atomic E-state index is 0.208. The van der Waals surface area contributed by atoms with Crippen LogP contribution in [0.1, 0.15) is 27.7 Å². The predicted octanol–water partition coefficient (Wildman–Crippen LogP) is 0.298. The number of hydrogen-bond acceptors (Lipinski definition) is 4. The standard InChI is InChI=1S/C9H19NO3/c1-5-13-8(12)7(6-11)10-9(2,3)4/h7,10-11H,5-6H2,1-4H3. The van der Waals surface area contributed by atoms with Crippen molar-refractivity contribution in [2.45, 2.75) is 39.3 Å². The molecule has 2 N–H and O–H groups in total. The fourth-order valence-corrected chi connectivity index (χ4v) is 0.945. The Balaban J connectivity index is 4.10. The van der Waals surface area contributed by atoms with Crippen molar-refractivity contribution in [2.24, 2.45) is 0 Å². The average molecular weight is 189 g/mol. The molecule has 0 rings (SSSR count). The van der Waals surface area contributed by atoms with Gasteiger partial charge >= 0.3 is 5.97 Å². The number of ether oxygens (including phenoxy) is 1. The Morgan fingerprint density at radius 1 is 1.54 bits per heavy atom. The molecule has 0 aromatic rings. The first kappa shape index (κ1) is 12.4. The lowest BCUT2D eigenvalue weighted by Gasteiger charge is -2.25. The van der Waals surface area contributed by atoms with Crippen molar-refractivity contribution in [3.05, 3.63) is 0 Å². The van der Waals surface area contributed by atoms with E-state index in [-0.39, 0.29) is 12.1 Å². The van der Waals surface area contributed by atoms with Gasteiger partial charge in [0.05, 0.1) is 13.2 Å². The average Bonchev–Trinajstić information content (AvgIpc) is 1.99. The van der Waals surface area contributed by atoms with Crippen LogP contribution in [-0.4, -0.2) is 35.9 Å². The van der Waals surface area contributed by atoms with Crippen LogP contribution in [-0.2, 0) is 9.53 Å². The predicted molar refractivity (Wildman–Crippen MR) is 50.4 cm³/mol. The summed E-state index contributed by atoms with van der Waals surface area (Å²) in [4.78, 5) is 11.2. The Kier molecular flexibility index (Phi) is 4.95. The van der Waals surface area contributed by atoms with Gasteiger partial charge in [0, 0.05) is 5.54 Å². The molecule has 0 aromatic heterocycles. The molecule has 0 fully saturated rings. The zero-order valence-electron chi connectivity index (χ0n) is 8.76. The molecule has 4 nitrogen and oxygen atoms in total. The highest BCUT2D eigenvalue weighted by Gasteiger charge is 2.23. The molecule has 0 aliphatic heterocycles. The number of carbonyl (C=O) groups is 1. The van der Waals surface area contributed by atoms with E-state index in [1.807, 2.05) is 20.8 Å². The first-order valence-electron chi connectivity index (χ1n) is 4.46. The normalized spacial score (nSPS) is 13.9. The number of aliphatic hydroxyl groups excluding tert-OH is 1. The van der Waals surface area contributed by atoms with Crippen LogP contribution >= 0.6 is 0 Å². The Morgan fingerprint density at radius 3 is 2.38 bits per heavy atom.